The van der Waals surface area contributed by atoms with Gasteiger partial charge in [0.2, 0.25) is 0 Å². The highest BCUT2D eigenvalue weighted by atomic mass is 16.5. The normalized spacial score (nSPS) is 14.0. The van der Waals surface area contributed by atoms with Crippen molar-refractivity contribution in [1.82, 2.24) is 5.32 Å². The molecule has 0 saturated carbocycles. The molecular weight excluding hydrogens is 246 g/mol. The van der Waals surface area contributed by atoms with Crippen LogP contribution in [0.2, 0.25) is 0 Å². The van der Waals surface area contributed by atoms with E-state index in [1.165, 1.54) is 31.2 Å². The predicted octanol–water partition coefficient (Wildman–Crippen LogP) is 4.43. The number of rotatable bonds is 10. The average molecular weight is 277 g/mol. The summed E-state index contributed by atoms with van der Waals surface area (Å²) in [6.07, 6.45) is 6.18. The molecule has 1 N–H and O–H groups in total. The van der Waals surface area contributed by atoms with Crippen molar-refractivity contribution in [2.45, 2.75) is 58.9 Å². The first kappa shape index (κ1) is 17.0. The fourth-order valence-corrected chi connectivity index (χ4v) is 2.73. The molecule has 0 saturated heterocycles. The Morgan fingerprint density at radius 2 is 1.80 bits per heavy atom. The molecule has 1 aromatic rings. The maximum Gasteiger partial charge on any atom is 0.118 e. The molecule has 0 heterocycles. The summed E-state index contributed by atoms with van der Waals surface area (Å²) in [5, 5.41) is 3.70. The van der Waals surface area contributed by atoms with Crippen molar-refractivity contribution in [3.05, 3.63) is 29.8 Å². The van der Waals surface area contributed by atoms with Gasteiger partial charge in [0.1, 0.15) is 5.75 Å². The molecule has 2 heteroatoms. The molecule has 0 amide bonds. The summed E-state index contributed by atoms with van der Waals surface area (Å²) in [7, 11) is 1.72. The largest absolute Gasteiger partial charge is 0.497 e. The Morgan fingerprint density at radius 3 is 2.35 bits per heavy atom. The smallest absolute Gasteiger partial charge is 0.118 e. The molecule has 2 atom stereocenters. The van der Waals surface area contributed by atoms with Crippen LogP contribution in [-0.4, -0.2) is 19.7 Å². The number of ether oxygens (including phenoxy) is 1. The Bertz CT molecular complexity index is 347. The Balaban J connectivity index is 2.57. The number of hydrogen-bond acceptors (Lipinski definition) is 2. The fraction of sp³-hybridized carbons (Fsp3) is 0.667. The summed E-state index contributed by atoms with van der Waals surface area (Å²) in [6, 6.07) is 9.07. The minimum atomic E-state index is 0.588. The molecule has 0 aliphatic rings. The van der Waals surface area contributed by atoms with Gasteiger partial charge in [0.25, 0.3) is 0 Å². The van der Waals surface area contributed by atoms with E-state index < -0.39 is 0 Å². The van der Waals surface area contributed by atoms with Gasteiger partial charge in [-0.2, -0.15) is 0 Å². The van der Waals surface area contributed by atoms with Gasteiger partial charge in [0, 0.05) is 6.04 Å². The number of nitrogens with one attached hydrogen (secondary N) is 1. The molecular formula is C18H31NO. The lowest BCUT2D eigenvalue weighted by molar-refractivity contribution is 0.380. The molecule has 1 aromatic carbocycles. The molecule has 0 aliphatic carbocycles. The molecule has 0 radical (unpaired) electrons. The monoisotopic (exact) mass is 277 g/mol. The molecule has 0 fully saturated rings. The Morgan fingerprint density at radius 1 is 1.10 bits per heavy atom. The van der Waals surface area contributed by atoms with E-state index in [0.717, 1.165) is 24.6 Å². The van der Waals surface area contributed by atoms with Gasteiger partial charge >= 0.3 is 0 Å². The van der Waals surface area contributed by atoms with Crippen LogP contribution in [0.1, 0.15) is 52.0 Å². The maximum absolute atomic E-state index is 5.22. The summed E-state index contributed by atoms with van der Waals surface area (Å²) < 4.78 is 5.22. The summed E-state index contributed by atoms with van der Waals surface area (Å²) >= 11 is 0. The van der Waals surface area contributed by atoms with Gasteiger partial charge in [-0.25, -0.2) is 0 Å². The van der Waals surface area contributed by atoms with Gasteiger partial charge in [-0.3, -0.25) is 0 Å². The first-order valence-electron chi connectivity index (χ1n) is 8.05. The second kappa shape index (κ2) is 9.82. The van der Waals surface area contributed by atoms with Gasteiger partial charge in [0.15, 0.2) is 0 Å². The molecule has 20 heavy (non-hydrogen) atoms. The van der Waals surface area contributed by atoms with E-state index in [9.17, 15) is 0 Å². The predicted molar refractivity (Wildman–Crippen MR) is 87.5 cm³/mol. The van der Waals surface area contributed by atoms with E-state index in [1.807, 2.05) is 0 Å². The van der Waals surface area contributed by atoms with Crippen molar-refractivity contribution in [3.8, 4) is 5.75 Å². The summed E-state index contributed by atoms with van der Waals surface area (Å²) in [5.41, 5.74) is 1.39. The molecule has 2 nitrogen and oxygen atoms in total. The van der Waals surface area contributed by atoms with E-state index in [4.69, 9.17) is 4.74 Å². The van der Waals surface area contributed by atoms with Gasteiger partial charge in [-0.1, -0.05) is 45.7 Å². The molecule has 0 bridgehead atoms. The van der Waals surface area contributed by atoms with Crippen molar-refractivity contribution in [2.75, 3.05) is 13.7 Å². The third-order valence-corrected chi connectivity index (χ3v) is 3.79. The maximum atomic E-state index is 5.22. The fourth-order valence-electron chi connectivity index (χ4n) is 2.73. The highest BCUT2D eigenvalue weighted by molar-refractivity contribution is 5.27. The van der Waals surface area contributed by atoms with Gasteiger partial charge in [-0.05, 0) is 49.4 Å². The van der Waals surface area contributed by atoms with Crippen LogP contribution >= 0.6 is 0 Å². The minimum Gasteiger partial charge on any atom is -0.497 e. The summed E-state index contributed by atoms with van der Waals surface area (Å²) in [4.78, 5) is 0. The minimum absolute atomic E-state index is 0.588. The molecule has 1 rings (SSSR count). The van der Waals surface area contributed by atoms with Gasteiger partial charge < -0.3 is 10.1 Å². The van der Waals surface area contributed by atoms with Crippen LogP contribution < -0.4 is 10.1 Å². The molecule has 0 aromatic heterocycles. The van der Waals surface area contributed by atoms with E-state index in [2.05, 4.69) is 50.4 Å². The van der Waals surface area contributed by atoms with E-state index >= 15 is 0 Å². The highest BCUT2D eigenvalue weighted by Crippen LogP contribution is 2.18. The van der Waals surface area contributed by atoms with Crippen molar-refractivity contribution in [3.63, 3.8) is 0 Å². The molecule has 114 valence electrons. The second-order valence-corrected chi connectivity index (χ2v) is 5.83. The van der Waals surface area contributed by atoms with Crippen LogP contribution in [0.5, 0.6) is 5.75 Å². The molecule has 0 aliphatic heterocycles. The van der Waals surface area contributed by atoms with E-state index in [0.29, 0.717) is 6.04 Å². The average Bonchev–Trinajstić information content (AvgIpc) is 2.45. The third-order valence-electron chi connectivity index (χ3n) is 3.79. The van der Waals surface area contributed by atoms with Crippen LogP contribution in [0, 0.1) is 5.92 Å². The van der Waals surface area contributed by atoms with Gasteiger partial charge in [0.05, 0.1) is 7.11 Å². The van der Waals surface area contributed by atoms with Crippen LogP contribution in [0.3, 0.4) is 0 Å². The van der Waals surface area contributed by atoms with Crippen molar-refractivity contribution >= 4 is 0 Å². The molecule has 2 unspecified atom stereocenters. The standard InChI is InChI=1S/C18H31NO/c1-5-7-15(3)13-17(19-12-6-2)14-16-8-10-18(20-4)11-9-16/h8-11,15,17,19H,5-7,12-14H2,1-4H3. The zero-order chi connectivity index (χ0) is 14.8. The second-order valence-electron chi connectivity index (χ2n) is 5.83. The van der Waals surface area contributed by atoms with Crippen LogP contribution in [0.15, 0.2) is 24.3 Å². The lowest BCUT2D eigenvalue weighted by atomic mass is 9.93. The van der Waals surface area contributed by atoms with Gasteiger partial charge in [-0.15, -0.1) is 0 Å². The van der Waals surface area contributed by atoms with Crippen molar-refractivity contribution in [1.29, 1.82) is 0 Å². The lowest BCUT2D eigenvalue weighted by Crippen LogP contribution is -2.33. The summed E-state index contributed by atoms with van der Waals surface area (Å²) in [5.74, 6) is 1.73. The quantitative estimate of drug-likeness (QED) is 0.683. The lowest BCUT2D eigenvalue weighted by Gasteiger charge is -2.22. The van der Waals surface area contributed by atoms with Crippen LogP contribution in [0.25, 0.3) is 0 Å². The topological polar surface area (TPSA) is 21.3 Å². The highest BCUT2D eigenvalue weighted by Gasteiger charge is 2.13. The SMILES string of the molecule is CCCNC(Cc1ccc(OC)cc1)CC(C)CCC. The number of benzene rings is 1. The van der Waals surface area contributed by atoms with E-state index in [1.54, 1.807) is 7.11 Å². The third kappa shape index (κ3) is 6.42. The number of hydrogen-bond donors (Lipinski definition) is 1. The first-order chi connectivity index (χ1) is 9.69. The zero-order valence-corrected chi connectivity index (χ0v) is 13.6. The van der Waals surface area contributed by atoms with Crippen molar-refractivity contribution in [2.24, 2.45) is 5.92 Å². The van der Waals surface area contributed by atoms with Crippen LogP contribution in [-0.2, 0) is 6.42 Å². The first-order valence-corrected chi connectivity index (χ1v) is 8.05. The van der Waals surface area contributed by atoms with E-state index in [-0.39, 0.29) is 0 Å². The molecule has 0 spiro atoms. The van der Waals surface area contributed by atoms with Crippen LogP contribution in [0.4, 0.5) is 0 Å². The summed E-state index contributed by atoms with van der Waals surface area (Å²) in [6.45, 7) is 7.99. The Kier molecular flexibility index (Phi) is 8.36. The zero-order valence-electron chi connectivity index (χ0n) is 13.6. The number of methoxy groups -OCH3 is 1. The Labute approximate surface area is 124 Å². The Hall–Kier alpha value is -1.02. The van der Waals surface area contributed by atoms with Crippen molar-refractivity contribution < 1.29 is 4.74 Å².